The Kier molecular flexibility index (Phi) is 5.36. The van der Waals surface area contributed by atoms with Gasteiger partial charge in [0.05, 0.1) is 11.6 Å². The van der Waals surface area contributed by atoms with Gasteiger partial charge in [0.25, 0.3) is 0 Å². The summed E-state index contributed by atoms with van der Waals surface area (Å²) in [7, 11) is 0. The lowest BCUT2D eigenvalue weighted by Crippen LogP contribution is -2.63. The molecule has 8 heteroatoms. The van der Waals surface area contributed by atoms with Gasteiger partial charge in [0.15, 0.2) is 0 Å². The molecule has 1 aromatic rings. The predicted molar refractivity (Wildman–Crippen MR) is 82.3 cm³/mol. The third-order valence-electron chi connectivity index (χ3n) is 3.79. The molecule has 0 bridgehead atoms. The molecule has 1 fully saturated rings. The largest absolute Gasteiger partial charge is 0.416 e. The van der Waals surface area contributed by atoms with E-state index in [9.17, 15) is 22.8 Å². The van der Waals surface area contributed by atoms with Gasteiger partial charge in [-0.3, -0.25) is 4.79 Å². The number of likely N-dealkylation sites (tertiary alicyclic amines) is 1. The van der Waals surface area contributed by atoms with E-state index in [2.05, 4.69) is 10.6 Å². The molecule has 1 aliphatic heterocycles. The fourth-order valence-corrected chi connectivity index (χ4v) is 2.68. The van der Waals surface area contributed by atoms with Crippen molar-refractivity contribution in [1.82, 2.24) is 15.5 Å². The van der Waals surface area contributed by atoms with Gasteiger partial charge in [0, 0.05) is 26.1 Å². The van der Waals surface area contributed by atoms with Gasteiger partial charge in [-0.2, -0.15) is 13.2 Å². The number of amides is 3. The Hall–Kier alpha value is -2.25. The molecule has 2 N–H and O–H groups in total. The van der Waals surface area contributed by atoms with Gasteiger partial charge in [-0.25, -0.2) is 4.79 Å². The summed E-state index contributed by atoms with van der Waals surface area (Å²) in [4.78, 5) is 24.4. The molecule has 0 radical (unpaired) electrons. The molecule has 1 unspecified atom stereocenters. The monoisotopic (exact) mass is 343 g/mol. The van der Waals surface area contributed by atoms with E-state index in [-0.39, 0.29) is 30.0 Å². The Morgan fingerprint density at radius 3 is 2.50 bits per heavy atom. The fourth-order valence-electron chi connectivity index (χ4n) is 2.68. The zero-order chi connectivity index (χ0) is 17.9. The van der Waals surface area contributed by atoms with Crippen molar-refractivity contribution in [3.63, 3.8) is 0 Å². The van der Waals surface area contributed by atoms with Crippen LogP contribution in [-0.4, -0.2) is 42.0 Å². The second-order valence-electron chi connectivity index (χ2n) is 6.01. The number of carbonyl (C=O) groups excluding carboxylic acids is 2. The molecule has 1 saturated heterocycles. The van der Waals surface area contributed by atoms with E-state index < -0.39 is 17.8 Å². The summed E-state index contributed by atoms with van der Waals surface area (Å²) < 4.78 is 38.9. The van der Waals surface area contributed by atoms with Crippen LogP contribution in [0.4, 0.5) is 18.0 Å². The standard InChI is InChI=1S/C16H20F3N3O2/c1-10(7-12-5-3-4-6-14(12)16(17,18)19)20-15(24)22-8-13(9-22)21-11(2)23/h3-6,10,13H,7-9H2,1-2H3,(H,20,24)(H,21,23). The number of carbonyl (C=O) groups is 2. The number of nitrogens with zero attached hydrogens (tertiary/aromatic N) is 1. The van der Waals surface area contributed by atoms with Gasteiger partial charge in [-0.05, 0) is 25.0 Å². The number of alkyl halides is 3. The van der Waals surface area contributed by atoms with Gasteiger partial charge >= 0.3 is 12.2 Å². The highest BCUT2D eigenvalue weighted by molar-refractivity contribution is 5.77. The van der Waals surface area contributed by atoms with Crippen LogP contribution in [0.5, 0.6) is 0 Å². The van der Waals surface area contributed by atoms with Crippen LogP contribution in [0, 0.1) is 0 Å². The summed E-state index contributed by atoms with van der Waals surface area (Å²) in [6.45, 7) is 3.87. The number of hydrogen-bond acceptors (Lipinski definition) is 2. The second kappa shape index (κ2) is 7.11. The Morgan fingerprint density at radius 2 is 1.92 bits per heavy atom. The first-order valence-corrected chi connectivity index (χ1v) is 7.64. The lowest BCUT2D eigenvalue weighted by atomic mass is 10.0. The Morgan fingerprint density at radius 1 is 1.29 bits per heavy atom. The number of nitrogens with one attached hydrogen (secondary N) is 2. The van der Waals surface area contributed by atoms with E-state index in [0.29, 0.717) is 13.1 Å². The smallest absolute Gasteiger partial charge is 0.350 e. The molecular formula is C16H20F3N3O2. The highest BCUT2D eigenvalue weighted by Crippen LogP contribution is 2.32. The van der Waals surface area contributed by atoms with Crippen molar-refractivity contribution in [1.29, 1.82) is 0 Å². The molecular weight excluding hydrogens is 323 g/mol. The summed E-state index contributed by atoms with van der Waals surface area (Å²) in [5.74, 6) is -0.155. The van der Waals surface area contributed by atoms with Gasteiger partial charge in [-0.15, -0.1) is 0 Å². The van der Waals surface area contributed by atoms with Gasteiger partial charge in [0.2, 0.25) is 5.91 Å². The van der Waals surface area contributed by atoms with Crippen LogP contribution in [0.15, 0.2) is 24.3 Å². The molecule has 0 aromatic heterocycles. The SMILES string of the molecule is CC(=O)NC1CN(C(=O)NC(C)Cc2ccccc2C(F)(F)F)C1. The minimum Gasteiger partial charge on any atom is -0.350 e. The number of rotatable bonds is 4. The van der Waals surface area contributed by atoms with Crippen molar-refractivity contribution in [3.05, 3.63) is 35.4 Å². The zero-order valence-electron chi connectivity index (χ0n) is 13.5. The van der Waals surface area contributed by atoms with Gasteiger partial charge in [-0.1, -0.05) is 18.2 Å². The number of urea groups is 1. The average Bonchev–Trinajstić information content (AvgIpc) is 2.41. The Bertz CT molecular complexity index is 613. The number of hydrogen-bond donors (Lipinski definition) is 2. The molecule has 1 heterocycles. The van der Waals surface area contributed by atoms with E-state index >= 15 is 0 Å². The van der Waals surface area contributed by atoms with Crippen LogP contribution < -0.4 is 10.6 Å². The van der Waals surface area contributed by atoms with Crippen molar-refractivity contribution in [2.24, 2.45) is 0 Å². The molecule has 1 aromatic carbocycles. The van der Waals surface area contributed by atoms with Crippen molar-refractivity contribution < 1.29 is 22.8 Å². The van der Waals surface area contributed by atoms with E-state index in [0.717, 1.165) is 6.07 Å². The predicted octanol–water partition coefficient (Wildman–Crippen LogP) is 2.17. The fraction of sp³-hybridized carbons (Fsp3) is 0.500. The first-order valence-electron chi connectivity index (χ1n) is 7.64. The zero-order valence-corrected chi connectivity index (χ0v) is 13.5. The van der Waals surface area contributed by atoms with Crippen molar-refractivity contribution >= 4 is 11.9 Å². The normalized spacial score (nSPS) is 16.3. The van der Waals surface area contributed by atoms with E-state index in [1.54, 1.807) is 13.0 Å². The molecule has 5 nitrogen and oxygen atoms in total. The molecule has 0 saturated carbocycles. The molecule has 1 atom stereocenters. The van der Waals surface area contributed by atoms with Crippen LogP contribution in [0.2, 0.25) is 0 Å². The van der Waals surface area contributed by atoms with E-state index in [4.69, 9.17) is 0 Å². The topological polar surface area (TPSA) is 61.4 Å². The molecule has 132 valence electrons. The Labute approximate surface area is 138 Å². The molecule has 0 aliphatic carbocycles. The quantitative estimate of drug-likeness (QED) is 0.880. The average molecular weight is 343 g/mol. The molecule has 24 heavy (non-hydrogen) atoms. The van der Waals surface area contributed by atoms with Crippen LogP contribution in [0.3, 0.4) is 0 Å². The molecule has 2 rings (SSSR count). The minimum absolute atomic E-state index is 0.0606. The third kappa shape index (κ3) is 4.62. The summed E-state index contributed by atoms with van der Waals surface area (Å²) >= 11 is 0. The maximum atomic E-state index is 13.0. The summed E-state index contributed by atoms with van der Waals surface area (Å²) in [5, 5.41) is 5.39. The second-order valence-corrected chi connectivity index (χ2v) is 6.01. The molecule has 1 aliphatic rings. The lowest BCUT2D eigenvalue weighted by Gasteiger charge is -2.39. The third-order valence-corrected chi connectivity index (χ3v) is 3.79. The highest BCUT2D eigenvalue weighted by Gasteiger charge is 2.34. The van der Waals surface area contributed by atoms with Crippen LogP contribution in [0.25, 0.3) is 0 Å². The maximum Gasteiger partial charge on any atom is 0.416 e. The highest BCUT2D eigenvalue weighted by atomic mass is 19.4. The summed E-state index contributed by atoms with van der Waals surface area (Å²) in [6, 6.07) is 4.51. The van der Waals surface area contributed by atoms with Crippen molar-refractivity contribution in [2.45, 2.75) is 38.5 Å². The lowest BCUT2D eigenvalue weighted by molar-refractivity contribution is -0.138. The van der Waals surface area contributed by atoms with E-state index in [1.165, 1.54) is 24.0 Å². The minimum atomic E-state index is -4.41. The van der Waals surface area contributed by atoms with Crippen LogP contribution in [0.1, 0.15) is 25.0 Å². The summed E-state index contributed by atoms with van der Waals surface area (Å²) in [5.41, 5.74) is -0.529. The number of benzene rings is 1. The van der Waals surface area contributed by atoms with Crippen LogP contribution >= 0.6 is 0 Å². The van der Waals surface area contributed by atoms with E-state index in [1.807, 2.05) is 0 Å². The molecule has 3 amide bonds. The Balaban J connectivity index is 1.87. The van der Waals surface area contributed by atoms with Crippen LogP contribution in [-0.2, 0) is 17.4 Å². The van der Waals surface area contributed by atoms with Crippen molar-refractivity contribution in [3.8, 4) is 0 Å². The first-order chi connectivity index (χ1) is 11.2. The maximum absolute atomic E-state index is 13.0. The van der Waals surface area contributed by atoms with Crippen molar-refractivity contribution in [2.75, 3.05) is 13.1 Å². The van der Waals surface area contributed by atoms with Gasteiger partial charge < -0.3 is 15.5 Å². The van der Waals surface area contributed by atoms with Gasteiger partial charge in [0.1, 0.15) is 0 Å². The molecule has 0 spiro atoms. The number of halogens is 3. The first kappa shape index (κ1) is 18.1. The summed E-state index contributed by atoms with van der Waals surface area (Å²) in [6.07, 6.45) is -4.33.